The summed E-state index contributed by atoms with van der Waals surface area (Å²) in [5.41, 5.74) is 1.71. The number of aryl methyl sites for hydroxylation is 1. The van der Waals surface area contributed by atoms with Crippen LogP contribution in [0.3, 0.4) is 0 Å². The second-order valence-corrected chi connectivity index (χ2v) is 8.75. The van der Waals surface area contributed by atoms with Crippen LogP contribution in [0.4, 0.5) is 10.6 Å². The van der Waals surface area contributed by atoms with E-state index in [1.54, 1.807) is 9.47 Å². The maximum absolute atomic E-state index is 12.3. The highest BCUT2D eigenvalue weighted by Crippen LogP contribution is 2.27. The maximum Gasteiger partial charge on any atom is 0.414 e. The number of imidazole rings is 1. The van der Waals surface area contributed by atoms with Gasteiger partial charge in [0.15, 0.2) is 0 Å². The summed E-state index contributed by atoms with van der Waals surface area (Å²) in [5, 5.41) is 10.9. The minimum atomic E-state index is -0.531. The molecule has 10 heteroatoms. The van der Waals surface area contributed by atoms with Gasteiger partial charge in [-0.3, -0.25) is 4.57 Å². The predicted octanol–water partition coefficient (Wildman–Crippen LogP) is 3.31. The van der Waals surface area contributed by atoms with Gasteiger partial charge in [0.1, 0.15) is 30.3 Å². The first-order chi connectivity index (χ1) is 14.7. The van der Waals surface area contributed by atoms with Gasteiger partial charge in [-0.25, -0.2) is 4.79 Å². The number of amides is 1. The van der Waals surface area contributed by atoms with Crippen LogP contribution in [0.5, 0.6) is 11.8 Å². The summed E-state index contributed by atoms with van der Waals surface area (Å²) in [6.07, 6.45) is 2.26. The van der Waals surface area contributed by atoms with Gasteiger partial charge in [0, 0.05) is 31.0 Å². The van der Waals surface area contributed by atoms with E-state index in [1.807, 2.05) is 39.0 Å². The van der Waals surface area contributed by atoms with Crippen molar-refractivity contribution < 1.29 is 23.9 Å². The van der Waals surface area contributed by atoms with Gasteiger partial charge in [-0.1, -0.05) is 6.07 Å². The van der Waals surface area contributed by atoms with Crippen molar-refractivity contribution in [3.63, 3.8) is 0 Å². The Hall–Kier alpha value is -3.30. The molecule has 1 aromatic heterocycles. The number of nitro groups is 1. The largest absolute Gasteiger partial charge is 0.490 e. The fraction of sp³-hybridized carbons (Fsp3) is 0.524. The summed E-state index contributed by atoms with van der Waals surface area (Å²) >= 11 is 0. The van der Waals surface area contributed by atoms with E-state index in [9.17, 15) is 14.9 Å². The van der Waals surface area contributed by atoms with Crippen molar-refractivity contribution in [2.45, 2.75) is 58.4 Å². The summed E-state index contributed by atoms with van der Waals surface area (Å²) in [7, 11) is 0. The molecule has 10 nitrogen and oxygen atoms in total. The summed E-state index contributed by atoms with van der Waals surface area (Å²) in [6, 6.07) is 6.10. The molecular weight excluding hydrogens is 404 g/mol. The highest BCUT2D eigenvalue weighted by atomic mass is 16.6. The fourth-order valence-corrected chi connectivity index (χ4v) is 3.63. The van der Waals surface area contributed by atoms with E-state index in [0.29, 0.717) is 32.7 Å². The molecule has 0 fully saturated rings. The SMILES string of the molecule is CC(C)(C)OC(=O)N1CCc2cc(OC[C@@H]3CCn4cc([N+](=O)[O-])nc4O3)ccc2C1. The van der Waals surface area contributed by atoms with Gasteiger partial charge in [-0.2, -0.15) is 0 Å². The molecule has 1 atom stereocenters. The predicted molar refractivity (Wildman–Crippen MR) is 110 cm³/mol. The van der Waals surface area contributed by atoms with Crippen LogP contribution in [-0.4, -0.2) is 50.3 Å². The van der Waals surface area contributed by atoms with Gasteiger partial charge in [0.2, 0.25) is 0 Å². The number of ether oxygens (including phenoxy) is 3. The minimum absolute atomic E-state index is 0.216. The van der Waals surface area contributed by atoms with Gasteiger partial charge in [-0.05, 0) is 55.4 Å². The quantitative estimate of drug-likeness (QED) is 0.541. The van der Waals surface area contributed by atoms with Crippen molar-refractivity contribution in [2.24, 2.45) is 0 Å². The number of carbonyl (C=O) groups excluding carboxylic acids is 1. The Morgan fingerprint density at radius 2 is 2.13 bits per heavy atom. The smallest absolute Gasteiger partial charge is 0.414 e. The van der Waals surface area contributed by atoms with Gasteiger partial charge in [-0.15, -0.1) is 0 Å². The van der Waals surface area contributed by atoms with E-state index in [1.165, 1.54) is 6.20 Å². The van der Waals surface area contributed by atoms with E-state index in [2.05, 4.69) is 4.98 Å². The average molecular weight is 430 g/mol. The topological polar surface area (TPSA) is 109 Å². The number of hydrogen-bond donors (Lipinski definition) is 0. The molecule has 0 N–H and O–H groups in total. The van der Waals surface area contributed by atoms with Crippen LogP contribution in [-0.2, 0) is 24.2 Å². The van der Waals surface area contributed by atoms with E-state index >= 15 is 0 Å². The molecule has 0 saturated heterocycles. The molecule has 31 heavy (non-hydrogen) atoms. The van der Waals surface area contributed by atoms with Crippen molar-refractivity contribution in [3.05, 3.63) is 45.6 Å². The van der Waals surface area contributed by atoms with Crippen molar-refractivity contribution in [1.29, 1.82) is 0 Å². The Morgan fingerprint density at radius 3 is 2.87 bits per heavy atom. The van der Waals surface area contributed by atoms with Gasteiger partial charge in [0.05, 0.1) is 0 Å². The molecule has 0 unspecified atom stereocenters. The van der Waals surface area contributed by atoms with Crippen LogP contribution in [0.25, 0.3) is 0 Å². The van der Waals surface area contributed by atoms with Crippen molar-refractivity contribution in [1.82, 2.24) is 14.5 Å². The standard InChI is InChI=1S/C21H26N4O6/c1-21(2,3)31-20(26)24-8-6-14-10-16(5-4-15(14)11-24)29-13-17-7-9-23-12-18(25(27)28)22-19(23)30-17/h4-5,10,12,17H,6-9,11,13H2,1-3H3/t17-/m0/s1. The lowest BCUT2D eigenvalue weighted by Crippen LogP contribution is -2.39. The molecule has 0 bridgehead atoms. The first kappa shape index (κ1) is 21.0. The Bertz CT molecular complexity index is 996. The van der Waals surface area contributed by atoms with Crippen LogP contribution in [0.15, 0.2) is 24.4 Å². The molecule has 0 saturated carbocycles. The third-order valence-corrected chi connectivity index (χ3v) is 5.16. The van der Waals surface area contributed by atoms with Crippen molar-refractivity contribution in [3.8, 4) is 11.8 Å². The molecule has 0 radical (unpaired) electrons. The van der Waals surface area contributed by atoms with Crippen LogP contribution in [0, 0.1) is 10.1 Å². The molecule has 0 spiro atoms. The van der Waals surface area contributed by atoms with E-state index in [-0.39, 0.29) is 24.0 Å². The molecule has 1 aromatic carbocycles. The Morgan fingerprint density at radius 1 is 1.32 bits per heavy atom. The van der Waals surface area contributed by atoms with Crippen LogP contribution < -0.4 is 9.47 Å². The Balaban J connectivity index is 1.33. The minimum Gasteiger partial charge on any atom is -0.490 e. The summed E-state index contributed by atoms with van der Waals surface area (Å²) in [6.45, 7) is 7.60. The van der Waals surface area contributed by atoms with Crippen LogP contribution in [0.1, 0.15) is 38.3 Å². The summed E-state index contributed by atoms with van der Waals surface area (Å²) in [5.74, 6) is 0.514. The third kappa shape index (κ3) is 4.89. The zero-order valence-electron chi connectivity index (χ0n) is 17.9. The Kier molecular flexibility index (Phi) is 5.47. The molecule has 2 aromatic rings. The van der Waals surface area contributed by atoms with Crippen LogP contribution in [0.2, 0.25) is 0 Å². The molecule has 1 amide bonds. The second kappa shape index (κ2) is 8.09. The first-order valence-corrected chi connectivity index (χ1v) is 10.3. The molecule has 2 aliphatic rings. The lowest BCUT2D eigenvalue weighted by molar-refractivity contribution is -0.389. The molecular formula is C21H26N4O6. The molecule has 4 rings (SSSR count). The lowest BCUT2D eigenvalue weighted by atomic mass is 10.00. The van der Waals surface area contributed by atoms with Gasteiger partial charge < -0.3 is 29.2 Å². The lowest BCUT2D eigenvalue weighted by Gasteiger charge is -2.31. The number of carbonyl (C=O) groups is 1. The van der Waals surface area contributed by atoms with E-state index in [4.69, 9.17) is 14.2 Å². The first-order valence-electron chi connectivity index (χ1n) is 10.3. The third-order valence-electron chi connectivity index (χ3n) is 5.16. The molecule has 166 valence electrons. The van der Waals surface area contributed by atoms with E-state index in [0.717, 1.165) is 23.3 Å². The average Bonchev–Trinajstić information content (AvgIpc) is 3.14. The molecule has 2 aliphatic heterocycles. The molecule has 3 heterocycles. The number of nitrogens with zero attached hydrogens (tertiary/aromatic N) is 4. The normalized spacial score (nSPS) is 17.9. The summed E-state index contributed by atoms with van der Waals surface area (Å²) < 4.78 is 18.8. The zero-order chi connectivity index (χ0) is 22.2. The fourth-order valence-electron chi connectivity index (χ4n) is 3.63. The number of hydrogen-bond acceptors (Lipinski definition) is 7. The number of aromatic nitrogens is 2. The zero-order valence-corrected chi connectivity index (χ0v) is 17.9. The van der Waals surface area contributed by atoms with Gasteiger partial charge in [0.25, 0.3) is 0 Å². The summed E-state index contributed by atoms with van der Waals surface area (Å²) in [4.78, 5) is 28.3. The van der Waals surface area contributed by atoms with Crippen LogP contribution >= 0.6 is 0 Å². The van der Waals surface area contributed by atoms with Crippen molar-refractivity contribution >= 4 is 11.9 Å². The van der Waals surface area contributed by atoms with Gasteiger partial charge >= 0.3 is 17.9 Å². The molecule has 0 aliphatic carbocycles. The number of benzene rings is 1. The van der Waals surface area contributed by atoms with Crippen molar-refractivity contribution in [2.75, 3.05) is 13.2 Å². The van der Waals surface area contributed by atoms with E-state index < -0.39 is 10.5 Å². The monoisotopic (exact) mass is 430 g/mol. The Labute approximate surface area is 179 Å². The number of rotatable bonds is 4. The number of fused-ring (bicyclic) bond motifs is 2. The second-order valence-electron chi connectivity index (χ2n) is 8.75. The highest BCUT2D eigenvalue weighted by Gasteiger charge is 2.29. The maximum atomic E-state index is 12.3. The highest BCUT2D eigenvalue weighted by molar-refractivity contribution is 5.68.